The van der Waals surface area contributed by atoms with Crippen LogP contribution in [0.15, 0.2) is 42.5 Å². The minimum absolute atomic E-state index is 0.247. The maximum atomic E-state index is 12.1. The summed E-state index contributed by atoms with van der Waals surface area (Å²) in [4.78, 5) is 24.2. The molecule has 0 fully saturated rings. The summed E-state index contributed by atoms with van der Waals surface area (Å²) in [5, 5.41) is 0.670. The number of ether oxygens (including phenoxy) is 1. The van der Waals surface area contributed by atoms with Gasteiger partial charge in [-0.3, -0.25) is 20.4 Å². The number of amides is 2. The van der Waals surface area contributed by atoms with Gasteiger partial charge in [-0.15, -0.1) is 0 Å². The van der Waals surface area contributed by atoms with Crippen molar-refractivity contribution in [2.24, 2.45) is 5.92 Å². The van der Waals surface area contributed by atoms with Gasteiger partial charge < -0.3 is 4.74 Å². The highest BCUT2D eigenvalue weighted by Crippen LogP contribution is 2.19. The van der Waals surface area contributed by atoms with Crippen LogP contribution < -0.4 is 15.6 Å². The van der Waals surface area contributed by atoms with Gasteiger partial charge in [-0.2, -0.15) is 0 Å². The molecule has 0 atom stereocenters. The summed E-state index contributed by atoms with van der Waals surface area (Å²) in [6, 6.07) is 11.1. The first-order valence-electron chi connectivity index (χ1n) is 8.15. The van der Waals surface area contributed by atoms with Crippen LogP contribution >= 0.6 is 23.2 Å². The van der Waals surface area contributed by atoms with Gasteiger partial charge in [0.1, 0.15) is 5.75 Å². The predicted molar refractivity (Wildman–Crippen MR) is 103 cm³/mol. The van der Waals surface area contributed by atoms with Crippen LogP contribution in [-0.2, 0) is 0 Å². The van der Waals surface area contributed by atoms with E-state index in [-0.39, 0.29) is 5.56 Å². The third-order valence-corrected chi connectivity index (χ3v) is 3.93. The Hall–Kier alpha value is -2.24. The summed E-state index contributed by atoms with van der Waals surface area (Å²) in [6.07, 6.45) is 0.960. The molecule has 138 valence electrons. The highest BCUT2D eigenvalue weighted by atomic mass is 35.5. The molecule has 0 aromatic heterocycles. The van der Waals surface area contributed by atoms with Crippen LogP contribution in [0.25, 0.3) is 0 Å². The molecule has 0 aliphatic carbocycles. The van der Waals surface area contributed by atoms with Gasteiger partial charge in [0.15, 0.2) is 0 Å². The monoisotopic (exact) mass is 394 g/mol. The first-order chi connectivity index (χ1) is 12.3. The van der Waals surface area contributed by atoms with Gasteiger partial charge in [0.2, 0.25) is 0 Å². The van der Waals surface area contributed by atoms with E-state index in [1.807, 2.05) is 0 Å². The molecular weight excluding hydrogens is 375 g/mol. The van der Waals surface area contributed by atoms with Crippen molar-refractivity contribution in [3.8, 4) is 5.75 Å². The van der Waals surface area contributed by atoms with Crippen molar-refractivity contribution in [3.63, 3.8) is 0 Å². The molecule has 7 heteroatoms. The lowest BCUT2D eigenvalue weighted by Gasteiger charge is -2.10. The van der Waals surface area contributed by atoms with Crippen LogP contribution in [0.1, 0.15) is 41.0 Å². The third-order valence-electron chi connectivity index (χ3n) is 3.49. The van der Waals surface area contributed by atoms with E-state index in [1.54, 1.807) is 24.3 Å². The summed E-state index contributed by atoms with van der Waals surface area (Å²) >= 11 is 11.7. The number of rotatable bonds is 6. The Balaban J connectivity index is 1.88. The van der Waals surface area contributed by atoms with Crippen LogP contribution in [0.2, 0.25) is 10.0 Å². The van der Waals surface area contributed by atoms with Crippen LogP contribution in [0.5, 0.6) is 5.75 Å². The SMILES string of the molecule is CC(C)CCOc1ccc(C(=O)NNC(=O)c2cc(Cl)cc(Cl)c2)cc1. The second kappa shape index (κ2) is 9.46. The highest BCUT2D eigenvalue weighted by molar-refractivity contribution is 6.35. The molecule has 0 unspecified atom stereocenters. The molecular formula is C19H20Cl2N2O3. The minimum Gasteiger partial charge on any atom is -0.494 e. The zero-order valence-electron chi connectivity index (χ0n) is 14.5. The van der Waals surface area contributed by atoms with E-state index >= 15 is 0 Å². The quantitative estimate of drug-likeness (QED) is 0.708. The number of halogens is 2. The Morgan fingerprint density at radius 2 is 1.46 bits per heavy atom. The van der Waals surface area contributed by atoms with Crippen molar-refractivity contribution in [1.82, 2.24) is 10.9 Å². The topological polar surface area (TPSA) is 67.4 Å². The normalized spacial score (nSPS) is 10.5. The molecule has 0 spiro atoms. The molecule has 5 nitrogen and oxygen atoms in total. The van der Waals surface area contributed by atoms with Crippen molar-refractivity contribution in [3.05, 3.63) is 63.6 Å². The fourth-order valence-electron chi connectivity index (χ4n) is 2.06. The van der Waals surface area contributed by atoms with E-state index < -0.39 is 11.8 Å². The molecule has 0 aliphatic heterocycles. The lowest BCUT2D eigenvalue weighted by atomic mass is 10.1. The summed E-state index contributed by atoms with van der Waals surface area (Å²) < 4.78 is 5.60. The molecule has 2 aromatic rings. The van der Waals surface area contributed by atoms with Gasteiger partial charge in [-0.25, -0.2) is 0 Å². The van der Waals surface area contributed by atoms with E-state index in [1.165, 1.54) is 18.2 Å². The third kappa shape index (κ3) is 6.24. The van der Waals surface area contributed by atoms with E-state index in [0.29, 0.717) is 33.9 Å². The van der Waals surface area contributed by atoms with Crippen LogP contribution in [-0.4, -0.2) is 18.4 Å². The molecule has 2 N–H and O–H groups in total. The Morgan fingerprint density at radius 3 is 2.00 bits per heavy atom. The number of carbonyl (C=O) groups is 2. The molecule has 26 heavy (non-hydrogen) atoms. The van der Waals surface area contributed by atoms with E-state index in [4.69, 9.17) is 27.9 Å². The van der Waals surface area contributed by atoms with Gasteiger partial charge in [0, 0.05) is 21.2 Å². The molecule has 0 aliphatic rings. The van der Waals surface area contributed by atoms with Gasteiger partial charge >= 0.3 is 0 Å². The summed E-state index contributed by atoms with van der Waals surface area (Å²) in [7, 11) is 0. The average molecular weight is 395 g/mol. The molecule has 0 bridgehead atoms. The van der Waals surface area contributed by atoms with Crippen LogP contribution in [0, 0.1) is 5.92 Å². The lowest BCUT2D eigenvalue weighted by Crippen LogP contribution is -2.41. The number of nitrogens with one attached hydrogen (secondary N) is 2. The van der Waals surface area contributed by atoms with E-state index in [0.717, 1.165) is 6.42 Å². The van der Waals surface area contributed by atoms with Crippen LogP contribution in [0.4, 0.5) is 0 Å². The molecule has 0 radical (unpaired) electrons. The van der Waals surface area contributed by atoms with Crippen molar-refractivity contribution < 1.29 is 14.3 Å². The maximum absolute atomic E-state index is 12.1. The largest absolute Gasteiger partial charge is 0.494 e. The first kappa shape index (κ1) is 20.1. The Labute approximate surface area is 162 Å². The Morgan fingerprint density at radius 1 is 0.923 bits per heavy atom. The van der Waals surface area contributed by atoms with Crippen molar-refractivity contribution in [1.29, 1.82) is 0 Å². The maximum Gasteiger partial charge on any atom is 0.269 e. The lowest BCUT2D eigenvalue weighted by molar-refractivity contribution is 0.0846. The molecule has 2 rings (SSSR count). The van der Waals surface area contributed by atoms with Gasteiger partial charge in [-0.1, -0.05) is 37.0 Å². The zero-order chi connectivity index (χ0) is 19.1. The highest BCUT2D eigenvalue weighted by Gasteiger charge is 2.11. The standard InChI is InChI=1S/C19H20Cl2N2O3/c1-12(2)7-8-26-17-5-3-13(4-6-17)18(24)22-23-19(25)14-9-15(20)11-16(21)10-14/h3-6,9-12H,7-8H2,1-2H3,(H,22,24)(H,23,25). The zero-order valence-corrected chi connectivity index (χ0v) is 16.0. The second-order valence-corrected chi connectivity index (χ2v) is 6.99. The number of hydrogen-bond donors (Lipinski definition) is 2. The van der Waals surface area contributed by atoms with Crippen molar-refractivity contribution >= 4 is 35.0 Å². The summed E-state index contributed by atoms with van der Waals surface area (Å²) in [6.45, 7) is 4.88. The van der Waals surface area contributed by atoms with Gasteiger partial charge in [-0.05, 0) is 54.8 Å². The number of benzene rings is 2. The van der Waals surface area contributed by atoms with Crippen LogP contribution in [0.3, 0.4) is 0 Å². The number of carbonyl (C=O) groups excluding carboxylic acids is 2. The molecule has 0 saturated heterocycles. The summed E-state index contributed by atoms with van der Waals surface area (Å²) in [5.74, 6) is 0.300. The Kier molecular flexibility index (Phi) is 7.30. The average Bonchev–Trinajstić information content (AvgIpc) is 2.58. The number of hydrazine groups is 1. The van der Waals surface area contributed by atoms with Crippen molar-refractivity contribution in [2.45, 2.75) is 20.3 Å². The number of hydrogen-bond acceptors (Lipinski definition) is 3. The smallest absolute Gasteiger partial charge is 0.269 e. The predicted octanol–water partition coefficient (Wildman–Crippen LogP) is 4.49. The Bertz CT molecular complexity index is 757. The fraction of sp³-hybridized carbons (Fsp3) is 0.263. The summed E-state index contributed by atoms with van der Waals surface area (Å²) in [5.41, 5.74) is 5.32. The van der Waals surface area contributed by atoms with Crippen molar-refractivity contribution in [2.75, 3.05) is 6.61 Å². The van der Waals surface area contributed by atoms with E-state index in [9.17, 15) is 9.59 Å². The molecule has 2 aromatic carbocycles. The second-order valence-electron chi connectivity index (χ2n) is 6.12. The van der Waals surface area contributed by atoms with Gasteiger partial charge in [0.05, 0.1) is 6.61 Å². The molecule has 2 amide bonds. The van der Waals surface area contributed by atoms with Gasteiger partial charge in [0.25, 0.3) is 11.8 Å². The van der Waals surface area contributed by atoms with E-state index in [2.05, 4.69) is 24.7 Å². The fourth-order valence-corrected chi connectivity index (χ4v) is 2.58. The first-order valence-corrected chi connectivity index (χ1v) is 8.90. The molecule has 0 saturated carbocycles. The molecule has 0 heterocycles. The minimum atomic E-state index is -0.517.